The smallest absolute Gasteiger partial charge is 0.136 e. The van der Waals surface area contributed by atoms with Gasteiger partial charge in [0.25, 0.3) is 0 Å². The van der Waals surface area contributed by atoms with Crippen LogP contribution in [0.2, 0.25) is 0 Å². The van der Waals surface area contributed by atoms with Crippen LogP contribution in [0.15, 0.2) is 186 Å². The first kappa shape index (κ1) is 12.9. The molecule has 1 aromatic heterocycles. The molecule has 1 heteroatoms. The van der Waals surface area contributed by atoms with Gasteiger partial charge < -0.3 is 4.42 Å². The Bertz CT molecular complexity index is 4120. The van der Waals surface area contributed by atoms with Crippen LogP contribution in [0.5, 0.6) is 0 Å². The van der Waals surface area contributed by atoms with Crippen molar-refractivity contribution in [3.8, 4) is 44.5 Å². The van der Waals surface area contributed by atoms with E-state index in [0.29, 0.717) is 0 Å². The summed E-state index contributed by atoms with van der Waals surface area (Å²) in [5.41, 5.74) is -3.21. The van der Waals surface area contributed by atoms with E-state index >= 15 is 0 Å². The van der Waals surface area contributed by atoms with Gasteiger partial charge in [0.15, 0.2) is 0 Å². The third-order valence-corrected chi connectivity index (χ3v) is 8.35. The molecule has 10 rings (SSSR count). The average Bonchev–Trinajstić information content (AvgIpc) is 3.79. The lowest BCUT2D eigenvalue weighted by molar-refractivity contribution is 0.669. The van der Waals surface area contributed by atoms with Crippen molar-refractivity contribution < 1.29 is 37.3 Å². The zero-order valence-electron chi connectivity index (χ0n) is 48.9. The minimum absolute atomic E-state index is 0.0855. The molecule has 10 aromatic rings. The van der Waals surface area contributed by atoms with Crippen LogP contribution in [0.25, 0.3) is 98.8 Å². The Kier molecular flexibility index (Phi) is 2.91. The Morgan fingerprint density at radius 3 is 1.55 bits per heavy atom. The molecule has 0 atom stereocenters. The van der Waals surface area contributed by atoms with Crippen LogP contribution in [0, 0.1) is 0 Å². The molecule has 49 heavy (non-hydrogen) atoms. The minimum Gasteiger partial charge on any atom is -0.456 e. The molecule has 1 nitrogen and oxygen atoms in total. The van der Waals surface area contributed by atoms with Crippen molar-refractivity contribution in [1.29, 1.82) is 0 Å². The van der Waals surface area contributed by atoms with Crippen molar-refractivity contribution in [2.45, 2.75) is 0 Å². The number of benzene rings is 9. The van der Waals surface area contributed by atoms with E-state index in [1.165, 1.54) is 12.1 Å². The first-order valence-electron chi connectivity index (χ1n) is 26.9. The molecule has 9 aromatic carbocycles. The van der Waals surface area contributed by atoms with Crippen molar-refractivity contribution in [3.63, 3.8) is 0 Å². The Balaban J connectivity index is 1.34. The van der Waals surface area contributed by atoms with Crippen LogP contribution < -0.4 is 0 Å². The van der Waals surface area contributed by atoms with Crippen molar-refractivity contribution in [3.05, 3.63) is 181 Å². The van der Waals surface area contributed by atoms with Crippen molar-refractivity contribution >= 4 is 54.3 Å². The lowest BCUT2D eigenvalue weighted by Crippen LogP contribution is -1.92. The molecule has 0 aliphatic rings. The number of hydrogen-bond acceptors (Lipinski definition) is 1. The molecule has 0 unspecified atom stereocenters. The first-order valence-corrected chi connectivity index (χ1v) is 14.9. The van der Waals surface area contributed by atoms with E-state index in [1.54, 1.807) is 24.3 Å². The SMILES string of the molecule is [2H]c1c([2H])c([2H])c(-c2c([2H])c([2H])c3c(oc4c([2H])c([2H])c(-c5ccc(-c6c7c([2H])c([2H])c([2H])c([2H])c7c(-c7c([2H])c([2H])c([2H])c([2H])c7[2H])c7c([2H])c([2H])c([2H])c([2H])c67)c6ccccc56)c([2H])c43)c2[2H])c([2H])c1[2H]. The standard InChI is InChI=1S/C48H30O/c1-3-13-31(14-4-1)33-23-25-38-44-29-34(24-28-45(44)49-46(38)30-33)35-26-27-43(37-18-8-7-17-36(35)37)48-41-21-11-9-19-39(41)47(32-15-5-2-6-16-32)40-20-10-12-22-42(40)48/h1-30H/i1D,2D,3D,4D,5D,6D,9D,10D,11D,12D,13D,14D,15D,16D,19D,20D,21D,22D,23D,24D,25D,28D,29D,30D. The molecule has 0 amide bonds. The summed E-state index contributed by atoms with van der Waals surface area (Å²) in [5, 5.41) is -1.65. The van der Waals surface area contributed by atoms with Gasteiger partial charge in [-0.25, -0.2) is 0 Å². The van der Waals surface area contributed by atoms with Crippen molar-refractivity contribution in [1.82, 2.24) is 0 Å². The van der Waals surface area contributed by atoms with Gasteiger partial charge in [0, 0.05) is 10.8 Å². The van der Waals surface area contributed by atoms with Gasteiger partial charge in [-0.15, -0.1) is 0 Å². The third-order valence-electron chi connectivity index (χ3n) is 8.35. The Labute approximate surface area is 318 Å². The number of rotatable bonds is 4. The highest BCUT2D eigenvalue weighted by atomic mass is 16.3. The van der Waals surface area contributed by atoms with Gasteiger partial charge in [0.2, 0.25) is 0 Å². The summed E-state index contributed by atoms with van der Waals surface area (Å²) in [7, 11) is 0. The lowest BCUT2D eigenvalue weighted by Gasteiger charge is -2.19. The molecular formula is C48H30O. The largest absolute Gasteiger partial charge is 0.456 e. The molecule has 0 N–H and O–H groups in total. The van der Waals surface area contributed by atoms with Crippen LogP contribution in [0.3, 0.4) is 0 Å². The summed E-state index contributed by atoms with van der Waals surface area (Å²) in [4.78, 5) is 0. The van der Waals surface area contributed by atoms with Gasteiger partial charge in [-0.2, -0.15) is 0 Å². The topological polar surface area (TPSA) is 13.1 Å². The fourth-order valence-corrected chi connectivity index (χ4v) is 6.28. The summed E-state index contributed by atoms with van der Waals surface area (Å²) in [5.74, 6) is 0. The van der Waals surface area contributed by atoms with Crippen LogP contribution in [-0.4, -0.2) is 0 Å². The monoisotopic (exact) mass is 646 g/mol. The maximum absolute atomic E-state index is 9.66. The van der Waals surface area contributed by atoms with Crippen LogP contribution >= 0.6 is 0 Å². The minimum atomic E-state index is -0.818. The van der Waals surface area contributed by atoms with E-state index in [1.807, 2.05) is 0 Å². The predicted molar refractivity (Wildman–Crippen MR) is 208 cm³/mol. The fourth-order valence-electron chi connectivity index (χ4n) is 6.28. The van der Waals surface area contributed by atoms with Gasteiger partial charge in [-0.1, -0.05) is 157 Å². The second-order valence-corrected chi connectivity index (χ2v) is 11.0. The lowest BCUT2D eigenvalue weighted by atomic mass is 9.84. The maximum Gasteiger partial charge on any atom is 0.136 e. The summed E-state index contributed by atoms with van der Waals surface area (Å²) >= 11 is 0. The summed E-state index contributed by atoms with van der Waals surface area (Å²) in [6.45, 7) is 0. The Morgan fingerprint density at radius 1 is 0.327 bits per heavy atom. The Morgan fingerprint density at radius 2 is 0.878 bits per heavy atom. The van der Waals surface area contributed by atoms with Gasteiger partial charge in [-0.05, 0) is 101 Å². The highest BCUT2D eigenvalue weighted by Crippen LogP contribution is 2.46. The van der Waals surface area contributed by atoms with Crippen molar-refractivity contribution in [2.24, 2.45) is 0 Å². The van der Waals surface area contributed by atoms with Crippen LogP contribution in [-0.2, 0) is 0 Å². The molecule has 1 heterocycles. The van der Waals surface area contributed by atoms with Gasteiger partial charge in [0.05, 0.1) is 32.9 Å². The molecule has 0 aliphatic heterocycles. The first-order chi connectivity index (χ1) is 34.3. The van der Waals surface area contributed by atoms with Crippen molar-refractivity contribution in [2.75, 3.05) is 0 Å². The number of furan rings is 1. The van der Waals surface area contributed by atoms with E-state index in [-0.39, 0.29) is 54.6 Å². The predicted octanol–water partition coefficient (Wildman–Crippen LogP) is 13.7. The van der Waals surface area contributed by atoms with Crippen LogP contribution in [0.4, 0.5) is 0 Å². The molecule has 0 fully saturated rings. The zero-order chi connectivity index (χ0) is 53.2. The third kappa shape index (κ3) is 4.40. The summed E-state index contributed by atoms with van der Waals surface area (Å²) < 4.78 is 219. The van der Waals surface area contributed by atoms with Gasteiger partial charge in [0.1, 0.15) is 11.2 Å². The van der Waals surface area contributed by atoms with E-state index in [4.69, 9.17) is 27.7 Å². The maximum atomic E-state index is 9.66. The van der Waals surface area contributed by atoms with E-state index in [0.717, 1.165) is 0 Å². The Hall–Kier alpha value is -6.44. The molecule has 0 saturated heterocycles. The molecule has 0 spiro atoms. The zero-order valence-corrected chi connectivity index (χ0v) is 24.9. The average molecular weight is 647 g/mol. The van der Waals surface area contributed by atoms with E-state index in [9.17, 15) is 9.60 Å². The van der Waals surface area contributed by atoms with E-state index in [2.05, 4.69) is 0 Å². The van der Waals surface area contributed by atoms with Gasteiger partial charge >= 0.3 is 0 Å². The normalized spacial score (nSPS) is 18.5. The molecule has 228 valence electrons. The summed E-state index contributed by atoms with van der Waals surface area (Å²) in [6, 6.07) is -8.48. The number of hydrogen-bond donors (Lipinski definition) is 0. The molecule has 0 saturated carbocycles. The van der Waals surface area contributed by atoms with Crippen LogP contribution in [0.1, 0.15) is 32.9 Å². The molecule has 0 bridgehead atoms. The summed E-state index contributed by atoms with van der Waals surface area (Å²) in [6.07, 6.45) is 0. The van der Waals surface area contributed by atoms with E-state index < -0.39 is 189 Å². The molecule has 0 aliphatic carbocycles. The molecule has 0 radical (unpaired) electrons. The second-order valence-electron chi connectivity index (χ2n) is 11.0. The highest BCUT2D eigenvalue weighted by molar-refractivity contribution is 6.24. The fraction of sp³-hybridized carbons (Fsp3) is 0. The molecular weight excluding hydrogens is 593 g/mol. The quantitative estimate of drug-likeness (QED) is 0.173. The van der Waals surface area contributed by atoms with Gasteiger partial charge in [-0.3, -0.25) is 0 Å². The highest BCUT2D eigenvalue weighted by Gasteiger charge is 2.19. The number of fused-ring (bicyclic) bond motifs is 6. The second kappa shape index (κ2) is 11.1.